The number of rotatable bonds is 5. The van der Waals surface area contributed by atoms with Crippen molar-refractivity contribution >= 4 is 43.9 Å². The summed E-state index contributed by atoms with van der Waals surface area (Å²) in [5.41, 5.74) is 2.73. The highest BCUT2D eigenvalue weighted by atomic mass is 35.5. The fraction of sp³-hybridized carbons (Fsp3) is 0.0909. The number of ether oxygens (including phenoxy) is 1. The molecular formula is C22H16Cl2N2O3S. The highest BCUT2D eigenvalue weighted by Gasteiger charge is 2.13. The van der Waals surface area contributed by atoms with E-state index < -0.39 is 9.84 Å². The number of hydrogen-bond acceptors (Lipinski definition) is 5. The summed E-state index contributed by atoms with van der Waals surface area (Å²) in [7, 11) is -3.28. The fourth-order valence-corrected chi connectivity index (χ4v) is 4.20. The first kappa shape index (κ1) is 20.6. The van der Waals surface area contributed by atoms with Gasteiger partial charge >= 0.3 is 0 Å². The van der Waals surface area contributed by atoms with E-state index in [1.54, 1.807) is 42.5 Å². The molecule has 0 N–H and O–H groups in total. The maximum absolute atomic E-state index is 11.8. The summed E-state index contributed by atoms with van der Waals surface area (Å²) in [6.45, 7) is 0.209. The second-order valence-corrected chi connectivity index (χ2v) is 9.54. The van der Waals surface area contributed by atoms with Gasteiger partial charge in [-0.05, 0) is 42.0 Å². The van der Waals surface area contributed by atoms with Gasteiger partial charge in [0.25, 0.3) is 0 Å². The fourth-order valence-electron chi connectivity index (χ4n) is 3.07. The molecule has 4 rings (SSSR count). The van der Waals surface area contributed by atoms with Crippen LogP contribution in [0.25, 0.3) is 22.2 Å². The third kappa shape index (κ3) is 4.26. The summed E-state index contributed by atoms with van der Waals surface area (Å²) in [5.74, 6) is 0.577. The summed E-state index contributed by atoms with van der Waals surface area (Å²) < 4.78 is 29.4. The Morgan fingerprint density at radius 3 is 2.53 bits per heavy atom. The van der Waals surface area contributed by atoms with Gasteiger partial charge in [-0.3, -0.25) is 0 Å². The van der Waals surface area contributed by atoms with Crippen LogP contribution in [0, 0.1) is 0 Å². The van der Waals surface area contributed by atoms with Gasteiger partial charge in [-0.2, -0.15) is 0 Å². The zero-order valence-electron chi connectivity index (χ0n) is 15.8. The van der Waals surface area contributed by atoms with Gasteiger partial charge in [-0.25, -0.2) is 18.4 Å². The number of fused-ring (bicyclic) bond motifs is 1. The van der Waals surface area contributed by atoms with Gasteiger partial charge in [-0.1, -0.05) is 47.5 Å². The average Bonchev–Trinajstić information content (AvgIpc) is 2.73. The minimum atomic E-state index is -3.28. The van der Waals surface area contributed by atoms with Crippen LogP contribution in [0.5, 0.6) is 5.75 Å². The Bertz CT molecular complexity index is 1360. The van der Waals surface area contributed by atoms with E-state index >= 15 is 0 Å². The Balaban J connectivity index is 1.66. The molecule has 0 bridgehead atoms. The highest BCUT2D eigenvalue weighted by molar-refractivity contribution is 7.90. The molecule has 3 aromatic carbocycles. The predicted molar refractivity (Wildman–Crippen MR) is 119 cm³/mol. The quantitative estimate of drug-likeness (QED) is 0.389. The monoisotopic (exact) mass is 458 g/mol. The number of halogens is 2. The Labute approximate surface area is 184 Å². The van der Waals surface area contributed by atoms with Crippen LogP contribution >= 0.6 is 23.2 Å². The Morgan fingerprint density at radius 1 is 0.933 bits per heavy atom. The van der Waals surface area contributed by atoms with Crippen molar-refractivity contribution in [2.75, 3.05) is 6.26 Å². The molecule has 5 nitrogen and oxygen atoms in total. The van der Waals surface area contributed by atoms with Gasteiger partial charge in [0.15, 0.2) is 9.84 Å². The Kier molecular flexibility index (Phi) is 5.64. The summed E-state index contributed by atoms with van der Waals surface area (Å²) in [4.78, 5) is 8.91. The Hall–Kier alpha value is -2.67. The summed E-state index contributed by atoms with van der Waals surface area (Å²) in [5, 5.41) is 1.83. The molecule has 0 spiro atoms. The van der Waals surface area contributed by atoms with Crippen LogP contribution in [0.4, 0.5) is 0 Å². The molecule has 1 heterocycles. The van der Waals surface area contributed by atoms with E-state index in [0.29, 0.717) is 32.6 Å². The van der Waals surface area contributed by atoms with Crippen LogP contribution in [0.1, 0.15) is 5.56 Å². The van der Waals surface area contributed by atoms with Crippen LogP contribution in [0.2, 0.25) is 10.0 Å². The lowest BCUT2D eigenvalue weighted by Gasteiger charge is -2.12. The number of para-hydroxylation sites is 1. The SMILES string of the molecule is CS(=O)(=O)c1cccc(COc2ccc(Cl)c(-c3ncnc4c(Cl)cccc34)c2)c1. The van der Waals surface area contributed by atoms with Crippen molar-refractivity contribution in [2.45, 2.75) is 11.5 Å². The lowest BCUT2D eigenvalue weighted by molar-refractivity contribution is 0.306. The van der Waals surface area contributed by atoms with E-state index in [1.807, 2.05) is 18.2 Å². The minimum absolute atomic E-state index is 0.209. The zero-order chi connectivity index (χ0) is 21.3. The molecule has 0 atom stereocenters. The topological polar surface area (TPSA) is 69.2 Å². The van der Waals surface area contributed by atoms with Gasteiger partial charge in [0.05, 0.1) is 26.2 Å². The highest BCUT2D eigenvalue weighted by Crippen LogP contribution is 2.35. The lowest BCUT2D eigenvalue weighted by Crippen LogP contribution is -2.00. The van der Waals surface area contributed by atoms with Crippen molar-refractivity contribution in [3.63, 3.8) is 0 Å². The van der Waals surface area contributed by atoms with Crippen molar-refractivity contribution in [2.24, 2.45) is 0 Å². The number of benzene rings is 3. The molecule has 152 valence electrons. The van der Waals surface area contributed by atoms with E-state index in [4.69, 9.17) is 27.9 Å². The smallest absolute Gasteiger partial charge is 0.175 e. The van der Waals surface area contributed by atoms with Gasteiger partial charge in [0.1, 0.15) is 18.7 Å². The van der Waals surface area contributed by atoms with Crippen molar-refractivity contribution in [3.8, 4) is 17.0 Å². The van der Waals surface area contributed by atoms with Crippen LogP contribution < -0.4 is 4.74 Å². The Morgan fingerprint density at radius 2 is 1.73 bits per heavy atom. The first-order valence-corrected chi connectivity index (χ1v) is 11.6. The van der Waals surface area contributed by atoms with Crippen molar-refractivity contribution < 1.29 is 13.2 Å². The predicted octanol–water partition coefficient (Wildman–Crippen LogP) is 5.59. The standard InChI is InChI=1S/C22H16Cl2N2O3S/c1-30(27,28)16-5-2-4-14(10-16)12-29-15-8-9-19(23)18(11-15)21-17-6-3-7-20(24)22(17)26-13-25-21/h2-11,13H,12H2,1H3. The molecule has 0 unspecified atom stereocenters. The first-order chi connectivity index (χ1) is 14.3. The lowest BCUT2D eigenvalue weighted by atomic mass is 10.1. The number of aromatic nitrogens is 2. The number of hydrogen-bond donors (Lipinski definition) is 0. The second kappa shape index (κ2) is 8.22. The van der Waals surface area contributed by atoms with Crippen LogP contribution in [-0.4, -0.2) is 24.6 Å². The molecule has 0 aliphatic carbocycles. The maximum atomic E-state index is 11.8. The van der Waals surface area contributed by atoms with E-state index in [2.05, 4.69) is 9.97 Å². The molecule has 0 aliphatic heterocycles. The van der Waals surface area contributed by atoms with Crippen LogP contribution in [0.3, 0.4) is 0 Å². The number of nitrogens with zero attached hydrogens (tertiary/aromatic N) is 2. The minimum Gasteiger partial charge on any atom is -0.489 e. The van der Waals surface area contributed by atoms with E-state index in [9.17, 15) is 8.42 Å². The van der Waals surface area contributed by atoms with Crippen LogP contribution in [-0.2, 0) is 16.4 Å². The summed E-state index contributed by atoms with van der Waals surface area (Å²) in [6, 6.07) is 17.4. The molecule has 0 amide bonds. The third-order valence-corrected chi connectivity index (χ3v) is 6.29. The molecule has 0 saturated carbocycles. The molecule has 30 heavy (non-hydrogen) atoms. The van der Waals surface area contributed by atoms with E-state index in [1.165, 1.54) is 12.6 Å². The van der Waals surface area contributed by atoms with E-state index in [-0.39, 0.29) is 11.5 Å². The molecular weight excluding hydrogens is 443 g/mol. The van der Waals surface area contributed by atoms with Gasteiger partial charge < -0.3 is 4.74 Å². The van der Waals surface area contributed by atoms with Crippen molar-refractivity contribution in [1.82, 2.24) is 9.97 Å². The molecule has 0 radical (unpaired) electrons. The third-order valence-electron chi connectivity index (χ3n) is 4.54. The summed E-state index contributed by atoms with van der Waals surface area (Å²) >= 11 is 12.7. The average molecular weight is 459 g/mol. The second-order valence-electron chi connectivity index (χ2n) is 6.71. The van der Waals surface area contributed by atoms with Gasteiger partial charge in [-0.15, -0.1) is 0 Å². The van der Waals surface area contributed by atoms with Crippen LogP contribution in [0.15, 0.2) is 71.9 Å². The molecule has 0 fully saturated rings. The first-order valence-electron chi connectivity index (χ1n) is 8.94. The van der Waals surface area contributed by atoms with Crippen molar-refractivity contribution in [1.29, 1.82) is 0 Å². The normalized spacial score (nSPS) is 11.6. The molecule has 8 heteroatoms. The molecule has 0 saturated heterocycles. The molecule has 4 aromatic rings. The number of sulfone groups is 1. The maximum Gasteiger partial charge on any atom is 0.175 e. The molecule has 1 aromatic heterocycles. The van der Waals surface area contributed by atoms with Gasteiger partial charge in [0, 0.05) is 17.2 Å². The summed E-state index contributed by atoms with van der Waals surface area (Å²) in [6.07, 6.45) is 2.63. The van der Waals surface area contributed by atoms with E-state index in [0.717, 1.165) is 10.9 Å². The van der Waals surface area contributed by atoms with Gasteiger partial charge in [0.2, 0.25) is 0 Å². The van der Waals surface area contributed by atoms with Crippen molar-refractivity contribution in [3.05, 3.63) is 82.6 Å². The molecule has 0 aliphatic rings. The zero-order valence-corrected chi connectivity index (χ0v) is 18.2. The largest absolute Gasteiger partial charge is 0.489 e.